The number of ether oxygens (including phenoxy) is 1. The molecule has 0 bridgehead atoms. The summed E-state index contributed by atoms with van der Waals surface area (Å²) in [6.07, 6.45) is 1.42. The molecule has 21 heavy (non-hydrogen) atoms. The lowest BCUT2D eigenvalue weighted by molar-refractivity contribution is 0.119. The van der Waals surface area contributed by atoms with Crippen molar-refractivity contribution in [2.45, 2.75) is 38.5 Å². The fraction of sp³-hybridized carbons (Fsp3) is 0.600. The summed E-state index contributed by atoms with van der Waals surface area (Å²) in [6.45, 7) is 5.89. The largest absolute Gasteiger partial charge is 0.496 e. The second-order valence-electron chi connectivity index (χ2n) is 5.32. The summed E-state index contributed by atoms with van der Waals surface area (Å²) in [5.74, 6) is 0.653. The van der Waals surface area contributed by atoms with Crippen molar-refractivity contribution in [1.82, 2.24) is 4.72 Å². The van der Waals surface area contributed by atoms with Crippen LogP contribution < -0.4 is 9.46 Å². The third-order valence-electron chi connectivity index (χ3n) is 4.15. The van der Waals surface area contributed by atoms with Crippen LogP contribution in [-0.2, 0) is 10.0 Å². The molecule has 0 aliphatic heterocycles. The van der Waals surface area contributed by atoms with Crippen molar-refractivity contribution >= 4 is 10.0 Å². The highest BCUT2D eigenvalue weighted by Crippen LogP contribution is 2.26. The molecule has 1 aromatic rings. The lowest BCUT2D eigenvalue weighted by Crippen LogP contribution is -2.39. The van der Waals surface area contributed by atoms with E-state index in [0.717, 1.165) is 5.56 Å². The molecule has 120 valence electrons. The molecule has 2 N–H and O–H groups in total. The first-order chi connectivity index (χ1) is 9.84. The molecular weight excluding hydrogens is 290 g/mol. The Bertz CT molecular complexity index is 557. The highest BCUT2D eigenvalue weighted by Gasteiger charge is 2.28. The summed E-state index contributed by atoms with van der Waals surface area (Å²) in [6, 6.07) is 4.75. The zero-order valence-electron chi connectivity index (χ0n) is 13.1. The van der Waals surface area contributed by atoms with E-state index < -0.39 is 15.4 Å². The molecule has 0 radical (unpaired) electrons. The average Bonchev–Trinajstić information content (AvgIpc) is 2.49. The topological polar surface area (TPSA) is 75.6 Å². The molecule has 0 fully saturated rings. The molecule has 0 unspecified atom stereocenters. The molecule has 1 rings (SSSR count). The third kappa shape index (κ3) is 4.18. The van der Waals surface area contributed by atoms with E-state index in [4.69, 9.17) is 4.74 Å². The van der Waals surface area contributed by atoms with Gasteiger partial charge in [0.25, 0.3) is 0 Å². The summed E-state index contributed by atoms with van der Waals surface area (Å²) in [7, 11) is -2.04. The van der Waals surface area contributed by atoms with Crippen LogP contribution >= 0.6 is 0 Å². The first-order valence-electron chi connectivity index (χ1n) is 7.09. The smallest absolute Gasteiger partial charge is 0.240 e. The number of benzene rings is 1. The van der Waals surface area contributed by atoms with Gasteiger partial charge in [-0.25, -0.2) is 13.1 Å². The predicted molar refractivity (Wildman–Crippen MR) is 83.0 cm³/mol. The molecule has 0 aliphatic carbocycles. The van der Waals surface area contributed by atoms with Crippen LogP contribution in [-0.4, -0.2) is 33.8 Å². The van der Waals surface area contributed by atoms with E-state index in [0.29, 0.717) is 18.6 Å². The maximum absolute atomic E-state index is 12.3. The van der Waals surface area contributed by atoms with Gasteiger partial charge in [0.1, 0.15) is 5.75 Å². The zero-order valence-corrected chi connectivity index (χ0v) is 14.0. The van der Waals surface area contributed by atoms with E-state index in [1.54, 1.807) is 26.2 Å². The summed E-state index contributed by atoms with van der Waals surface area (Å²) < 4.78 is 32.4. The third-order valence-corrected chi connectivity index (χ3v) is 5.55. The monoisotopic (exact) mass is 315 g/mol. The molecule has 0 heterocycles. The van der Waals surface area contributed by atoms with Crippen molar-refractivity contribution in [3.05, 3.63) is 23.8 Å². The number of methoxy groups -OCH3 is 1. The van der Waals surface area contributed by atoms with Crippen LogP contribution in [0.25, 0.3) is 0 Å². The van der Waals surface area contributed by atoms with Crippen LogP contribution in [0.5, 0.6) is 5.75 Å². The van der Waals surface area contributed by atoms with Gasteiger partial charge in [0.15, 0.2) is 0 Å². The molecule has 0 spiro atoms. The van der Waals surface area contributed by atoms with E-state index in [2.05, 4.69) is 4.72 Å². The van der Waals surface area contributed by atoms with Crippen LogP contribution in [0, 0.1) is 12.3 Å². The Balaban J connectivity index is 2.94. The Morgan fingerprint density at radius 2 is 1.90 bits per heavy atom. The number of hydrogen-bond donors (Lipinski definition) is 2. The fourth-order valence-electron chi connectivity index (χ4n) is 2.13. The Kier molecular flexibility index (Phi) is 6.19. The SMILES string of the molecule is CCC(CC)(CO)CNS(=O)(=O)c1ccc(OC)c(C)c1. The van der Waals surface area contributed by atoms with Gasteiger partial charge < -0.3 is 9.84 Å². The van der Waals surface area contributed by atoms with E-state index in [9.17, 15) is 13.5 Å². The Morgan fingerprint density at radius 1 is 1.29 bits per heavy atom. The molecule has 1 aromatic carbocycles. The minimum Gasteiger partial charge on any atom is -0.496 e. The second-order valence-corrected chi connectivity index (χ2v) is 7.09. The minimum absolute atomic E-state index is 0.0375. The fourth-order valence-corrected chi connectivity index (χ4v) is 3.37. The van der Waals surface area contributed by atoms with Crippen LogP contribution in [0.1, 0.15) is 32.3 Å². The molecular formula is C15H25NO4S. The summed E-state index contributed by atoms with van der Waals surface area (Å²) in [4.78, 5) is 0.208. The molecule has 5 nitrogen and oxygen atoms in total. The minimum atomic E-state index is -3.59. The molecule has 0 amide bonds. The molecule has 0 saturated heterocycles. The van der Waals surface area contributed by atoms with Crippen LogP contribution in [0.3, 0.4) is 0 Å². The number of aliphatic hydroxyl groups excluding tert-OH is 1. The lowest BCUT2D eigenvalue weighted by Gasteiger charge is -2.29. The lowest BCUT2D eigenvalue weighted by atomic mass is 9.84. The van der Waals surface area contributed by atoms with Gasteiger partial charge in [0.2, 0.25) is 10.0 Å². The summed E-state index contributed by atoms with van der Waals surface area (Å²) in [5.41, 5.74) is 0.356. The van der Waals surface area contributed by atoms with Crippen molar-refractivity contribution in [2.24, 2.45) is 5.41 Å². The average molecular weight is 315 g/mol. The van der Waals surface area contributed by atoms with Gasteiger partial charge in [-0.2, -0.15) is 0 Å². The first-order valence-corrected chi connectivity index (χ1v) is 8.57. The van der Waals surface area contributed by atoms with Gasteiger partial charge in [-0.15, -0.1) is 0 Å². The predicted octanol–water partition coefficient (Wildman–Crippen LogP) is 2.08. The van der Waals surface area contributed by atoms with E-state index in [1.807, 2.05) is 13.8 Å². The van der Waals surface area contributed by atoms with Crippen molar-refractivity contribution in [3.63, 3.8) is 0 Å². The highest BCUT2D eigenvalue weighted by atomic mass is 32.2. The second kappa shape index (κ2) is 7.24. The van der Waals surface area contributed by atoms with Crippen molar-refractivity contribution in [2.75, 3.05) is 20.3 Å². The number of hydrogen-bond acceptors (Lipinski definition) is 4. The number of nitrogens with one attached hydrogen (secondary N) is 1. The Morgan fingerprint density at radius 3 is 2.33 bits per heavy atom. The van der Waals surface area contributed by atoms with Crippen LogP contribution in [0.4, 0.5) is 0 Å². The van der Waals surface area contributed by atoms with E-state index in [-0.39, 0.29) is 18.0 Å². The van der Waals surface area contributed by atoms with Crippen molar-refractivity contribution in [3.8, 4) is 5.75 Å². The molecule has 0 aliphatic rings. The standard InChI is InChI=1S/C15H25NO4S/c1-5-15(6-2,11-17)10-16-21(18,19)13-7-8-14(20-4)12(3)9-13/h7-9,16-17H,5-6,10-11H2,1-4H3. The van der Waals surface area contributed by atoms with Gasteiger partial charge in [-0.3, -0.25) is 0 Å². The van der Waals surface area contributed by atoms with Crippen LogP contribution in [0.15, 0.2) is 23.1 Å². The Labute approximate surface area is 127 Å². The first kappa shape index (κ1) is 17.9. The highest BCUT2D eigenvalue weighted by molar-refractivity contribution is 7.89. The van der Waals surface area contributed by atoms with Crippen molar-refractivity contribution in [1.29, 1.82) is 0 Å². The summed E-state index contributed by atoms with van der Waals surface area (Å²) in [5, 5.41) is 9.51. The normalized spacial score (nSPS) is 12.4. The van der Waals surface area contributed by atoms with Gasteiger partial charge in [0, 0.05) is 18.6 Å². The quantitative estimate of drug-likeness (QED) is 0.770. The molecule has 0 aromatic heterocycles. The van der Waals surface area contributed by atoms with Gasteiger partial charge >= 0.3 is 0 Å². The van der Waals surface area contributed by atoms with Crippen LogP contribution in [0.2, 0.25) is 0 Å². The summed E-state index contributed by atoms with van der Waals surface area (Å²) >= 11 is 0. The molecule has 0 saturated carbocycles. The van der Waals surface area contributed by atoms with Gasteiger partial charge in [-0.05, 0) is 43.5 Å². The molecule has 0 atom stereocenters. The van der Waals surface area contributed by atoms with E-state index in [1.165, 1.54) is 6.07 Å². The maximum atomic E-state index is 12.3. The number of rotatable bonds is 8. The van der Waals surface area contributed by atoms with Gasteiger partial charge in [0.05, 0.1) is 12.0 Å². The zero-order chi connectivity index (χ0) is 16.1. The molecule has 6 heteroatoms. The Hall–Kier alpha value is -1.11. The number of aliphatic hydroxyl groups is 1. The maximum Gasteiger partial charge on any atom is 0.240 e. The number of aryl methyl sites for hydroxylation is 1. The van der Waals surface area contributed by atoms with E-state index >= 15 is 0 Å². The van der Waals surface area contributed by atoms with Crippen molar-refractivity contribution < 1.29 is 18.3 Å². The van der Waals surface area contributed by atoms with Gasteiger partial charge in [-0.1, -0.05) is 13.8 Å². The number of sulfonamides is 1.